The number of amides is 1. The number of carbonyl (C=O) groups excluding carboxylic acids is 1. The van der Waals surface area contributed by atoms with Gasteiger partial charge in [0.15, 0.2) is 5.96 Å². The van der Waals surface area contributed by atoms with Crippen LogP contribution in [-0.4, -0.2) is 49.0 Å². The zero-order valence-electron chi connectivity index (χ0n) is 15.9. The summed E-state index contributed by atoms with van der Waals surface area (Å²) in [6, 6.07) is 0. The Hall–Kier alpha value is -0.530. The average Bonchev–Trinajstić information content (AvgIpc) is 3.18. The van der Waals surface area contributed by atoms with Crippen molar-refractivity contribution in [2.24, 2.45) is 16.3 Å². The Bertz CT molecular complexity index is 450. The van der Waals surface area contributed by atoms with Crippen LogP contribution >= 0.6 is 24.0 Å². The highest BCUT2D eigenvalue weighted by molar-refractivity contribution is 14.0. The first kappa shape index (κ1) is 21.5. The Morgan fingerprint density at radius 1 is 1.29 bits per heavy atom. The molecule has 0 spiro atoms. The third-order valence-corrected chi connectivity index (χ3v) is 4.93. The van der Waals surface area contributed by atoms with Crippen molar-refractivity contribution in [2.45, 2.75) is 65.3 Å². The van der Waals surface area contributed by atoms with Crippen LogP contribution in [0.4, 0.5) is 0 Å². The minimum Gasteiger partial charge on any atom is -0.357 e. The molecule has 1 amide bonds. The molecule has 0 aliphatic heterocycles. The first-order chi connectivity index (χ1) is 10.8. The molecule has 0 saturated heterocycles. The maximum absolute atomic E-state index is 12.1. The molecule has 6 heteroatoms. The van der Waals surface area contributed by atoms with Gasteiger partial charge in [0, 0.05) is 25.7 Å². The number of hydrogen-bond acceptors (Lipinski definition) is 2. The lowest BCUT2D eigenvalue weighted by atomic mass is 9.65. The Kier molecular flexibility index (Phi) is 7.81. The molecule has 0 radical (unpaired) electrons. The third kappa shape index (κ3) is 6.08. The SMILES string of the molecule is CCNC(=NCC1(C2CC2)CCC1)N(C)CC(=O)NC(C)(C)C.I. The summed E-state index contributed by atoms with van der Waals surface area (Å²) < 4.78 is 0. The number of aliphatic imine (C=N–C) groups is 1. The van der Waals surface area contributed by atoms with Crippen molar-refractivity contribution in [1.29, 1.82) is 0 Å². The lowest BCUT2D eigenvalue weighted by Gasteiger charge is -2.41. The van der Waals surface area contributed by atoms with E-state index in [4.69, 9.17) is 4.99 Å². The summed E-state index contributed by atoms with van der Waals surface area (Å²) in [7, 11) is 1.94. The van der Waals surface area contributed by atoms with E-state index < -0.39 is 0 Å². The van der Waals surface area contributed by atoms with Gasteiger partial charge in [-0.2, -0.15) is 0 Å². The second-order valence-electron chi connectivity index (χ2n) is 8.31. The van der Waals surface area contributed by atoms with Crippen molar-refractivity contribution in [1.82, 2.24) is 15.5 Å². The Balaban J connectivity index is 0.00000288. The fraction of sp³-hybridized carbons (Fsp3) is 0.889. The van der Waals surface area contributed by atoms with E-state index in [1.807, 2.05) is 32.7 Å². The molecule has 2 fully saturated rings. The molecule has 0 bridgehead atoms. The number of halogens is 1. The van der Waals surface area contributed by atoms with Gasteiger partial charge in [-0.1, -0.05) is 6.42 Å². The average molecular weight is 450 g/mol. The van der Waals surface area contributed by atoms with E-state index in [-0.39, 0.29) is 35.4 Å². The van der Waals surface area contributed by atoms with Crippen molar-refractivity contribution in [3.05, 3.63) is 0 Å². The summed E-state index contributed by atoms with van der Waals surface area (Å²) in [6.07, 6.45) is 6.78. The maximum atomic E-state index is 12.1. The summed E-state index contributed by atoms with van der Waals surface area (Å²) in [6.45, 7) is 10.1. The molecule has 0 heterocycles. The molecule has 0 aromatic rings. The van der Waals surface area contributed by atoms with Crippen molar-refractivity contribution in [3.8, 4) is 0 Å². The Morgan fingerprint density at radius 3 is 2.33 bits per heavy atom. The summed E-state index contributed by atoms with van der Waals surface area (Å²) in [4.78, 5) is 18.9. The highest BCUT2D eigenvalue weighted by atomic mass is 127. The highest BCUT2D eigenvalue weighted by Gasteiger charge is 2.48. The van der Waals surface area contributed by atoms with Crippen LogP contribution in [0.2, 0.25) is 0 Å². The molecule has 2 aliphatic rings. The minimum atomic E-state index is -0.199. The molecule has 0 aromatic carbocycles. The normalized spacial score (nSPS) is 19.8. The first-order valence-corrected chi connectivity index (χ1v) is 9.06. The first-order valence-electron chi connectivity index (χ1n) is 9.06. The van der Waals surface area contributed by atoms with E-state index in [0.717, 1.165) is 25.0 Å². The Morgan fingerprint density at radius 2 is 1.92 bits per heavy atom. The van der Waals surface area contributed by atoms with Gasteiger partial charge in [0.1, 0.15) is 0 Å². The van der Waals surface area contributed by atoms with Crippen molar-refractivity contribution >= 4 is 35.8 Å². The summed E-state index contributed by atoms with van der Waals surface area (Å²) in [5.74, 6) is 1.78. The highest BCUT2D eigenvalue weighted by Crippen LogP contribution is 2.57. The van der Waals surface area contributed by atoms with Gasteiger partial charge in [-0.05, 0) is 64.7 Å². The van der Waals surface area contributed by atoms with Gasteiger partial charge in [-0.25, -0.2) is 0 Å². The smallest absolute Gasteiger partial charge is 0.240 e. The molecule has 0 unspecified atom stereocenters. The van der Waals surface area contributed by atoms with Gasteiger partial charge in [0.05, 0.1) is 6.54 Å². The molecular weight excluding hydrogens is 415 g/mol. The molecule has 140 valence electrons. The van der Waals surface area contributed by atoms with Crippen LogP contribution in [0.5, 0.6) is 0 Å². The van der Waals surface area contributed by atoms with Crippen molar-refractivity contribution in [2.75, 3.05) is 26.7 Å². The van der Waals surface area contributed by atoms with Gasteiger partial charge >= 0.3 is 0 Å². The van der Waals surface area contributed by atoms with Crippen LogP contribution in [0.3, 0.4) is 0 Å². The second-order valence-corrected chi connectivity index (χ2v) is 8.31. The topological polar surface area (TPSA) is 56.7 Å². The second kappa shape index (κ2) is 8.72. The third-order valence-electron chi connectivity index (χ3n) is 4.93. The van der Waals surface area contributed by atoms with Gasteiger partial charge in [0.2, 0.25) is 5.91 Å². The number of hydrogen-bond donors (Lipinski definition) is 2. The lowest BCUT2D eigenvalue weighted by Crippen LogP contribution is -2.49. The molecular formula is C18H35IN4O. The standard InChI is InChI=1S/C18H34N4O.HI/c1-6-19-16(22(5)12-15(23)21-17(2,3)4)20-13-18(10-7-11-18)14-8-9-14;/h14H,6-13H2,1-5H3,(H,19,20)(H,21,23);1H. The largest absolute Gasteiger partial charge is 0.357 e. The fourth-order valence-corrected chi connectivity index (χ4v) is 3.47. The number of likely N-dealkylation sites (N-methyl/N-ethyl adjacent to an activating group) is 1. The molecule has 2 saturated carbocycles. The van der Waals surface area contributed by atoms with Crippen molar-refractivity contribution < 1.29 is 4.79 Å². The molecule has 0 atom stereocenters. The maximum Gasteiger partial charge on any atom is 0.240 e. The number of nitrogens with zero attached hydrogens (tertiary/aromatic N) is 2. The zero-order chi connectivity index (χ0) is 17.1. The quantitative estimate of drug-likeness (QED) is 0.372. The molecule has 2 aliphatic carbocycles. The number of nitrogens with one attached hydrogen (secondary N) is 2. The minimum absolute atomic E-state index is 0. The molecule has 5 nitrogen and oxygen atoms in total. The van der Waals surface area contributed by atoms with Gasteiger partial charge in [-0.3, -0.25) is 9.79 Å². The van der Waals surface area contributed by atoms with Crippen LogP contribution in [0, 0.1) is 11.3 Å². The van der Waals surface area contributed by atoms with E-state index in [0.29, 0.717) is 12.0 Å². The number of rotatable bonds is 6. The Labute approximate surface area is 164 Å². The number of carbonyl (C=O) groups is 1. The van der Waals surface area contributed by atoms with Crippen LogP contribution < -0.4 is 10.6 Å². The van der Waals surface area contributed by atoms with E-state index in [1.165, 1.54) is 32.1 Å². The zero-order valence-corrected chi connectivity index (χ0v) is 18.3. The van der Waals surface area contributed by atoms with Crippen LogP contribution in [-0.2, 0) is 4.79 Å². The summed E-state index contributed by atoms with van der Waals surface area (Å²) in [5, 5.41) is 6.33. The van der Waals surface area contributed by atoms with Crippen molar-refractivity contribution in [3.63, 3.8) is 0 Å². The van der Waals surface area contributed by atoms with Gasteiger partial charge in [0.25, 0.3) is 0 Å². The summed E-state index contributed by atoms with van der Waals surface area (Å²) in [5.41, 5.74) is 0.268. The van der Waals surface area contributed by atoms with E-state index in [2.05, 4.69) is 17.6 Å². The van der Waals surface area contributed by atoms with Crippen LogP contribution in [0.15, 0.2) is 4.99 Å². The van der Waals surface area contributed by atoms with Crippen LogP contribution in [0.25, 0.3) is 0 Å². The van der Waals surface area contributed by atoms with Crippen LogP contribution in [0.1, 0.15) is 59.8 Å². The lowest BCUT2D eigenvalue weighted by molar-refractivity contribution is -0.122. The number of guanidine groups is 1. The van der Waals surface area contributed by atoms with E-state index in [1.54, 1.807) is 0 Å². The van der Waals surface area contributed by atoms with E-state index >= 15 is 0 Å². The summed E-state index contributed by atoms with van der Waals surface area (Å²) >= 11 is 0. The monoisotopic (exact) mass is 450 g/mol. The van der Waals surface area contributed by atoms with Gasteiger partial charge in [-0.15, -0.1) is 24.0 Å². The predicted molar refractivity (Wildman–Crippen MR) is 111 cm³/mol. The van der Waals surface area contributed by atoms with Gasteiger partial charge < -0.3 is 15.5 Å². The predicted octanol–water partition coefficient (Wildman–Crippen LogP) is 3.00. The molecule has 24 heavy (non-hydrogen) atoms. The fourth-order valence-electron chi connectivity index (χ4n) is 3.47. The molecule has 0 aromatic heterocycles. The molecule has 2 rings (SSSR count). The van der Waals surface area contributed by atoms with E-state index in [9.17, 15) is 4.79 Å². The molecule has 2 N–H and O–H groups in total.